The molecule has 9 heteroatoms. The fourth-order valence-corrected chi connectivity index (χ4v) is 12.9. The van der Waals surface area contributed by atoms with Crippen LogP contribution in [0.3, 0.4) is 0 Å². The van der Waals surface area contributed by atoms with Crippen LogP contribution in [-0.4, -0.2) is 87.5 Å². The molecule has 1 fully saturated rings. The van der Waals surface area contributed by atoms with Crippen molar-refractivity contribution >= 4 is 5.91 Å². The molecule has 0 aromatic carbocycles. The van der Waals surface area contributed by atoms with Crippen molar-refractivity contribution in [3.63, 3.8) is 0 Å². The molecule has 0 radical (unpaired) electrons. The van der Waals surface area contributed by atoms with Crippen molar-refractivity contribution in [1.82, 2.24) is 5.32 Å². The van der Waals surface area contributed by atoms with Crippen molar-refractivity contribution in [3.8, 4) is 0 Å². The number of hydrogen-bond donors (Lipinski definition) is 6. The van der Waals surface area contributed by atoms with Gasteiger partial charge in [0, 0.05) is 6.42 Å². The lowest BCUT2D eigenvalue weighted by molar-refractivity contribution is -0.302. The molecular formula is C80H151NO8. The summed E-state index contributed by atoms with van der Waals surface area (Å²) in [4.78, 5) is 13.2. The Morgan fingerprint density at radius 2 is 0.697 bits per heavy atom. The largest absolute Gasteiger partial charge is 0.394 e. The van der Waals surface area contributed by atoms with Gasteiger partial charge in [-0.1, -0.05) is 390 Å². The lowest BCUT2D eigenvalue weighted by Crippen LogP contribution is -2.60. The van der Waals surface area contributed by atoms with Gasteiger partial charge in [0.05, 0.1) is 25.4 Å². The molecule has 0 saturated carbocycles. The monoisotopic (exact) mass is 1250 g/mol. The number of hydrogen-bond acceptors (Lipinski definition) is 8. The number of unbranched alkanes of at least 4 members (excludes halogenated alkanes) is 52. The quantitative estimate of drug-likeness (QED) is 0.0261. The molecule has 1 aliphatic rings. The van der Waals surface area contributed by atoms with Crippen LogP contribution in [0.1, 0.15) is 399 Å². The maximum Gasteiger partial charge on any atom is 0.220 e. The molecule has 7 unspecified atom stereocenters. The molecule has 0 aromatic rings. The Kier molecular flexibility index (Phi) is 66.0. The Labute approximate surface area is 552 Å². The highest BCUT2D eigenvalue weighted by Crippen LogP contribution is 2.24. The molecule has 0 aliphatic carbocycles. The standard InChI is InChI=1S/C80H151NO8/c1-3-5-7-9-11-13-15-17-19-21-23-25-27-29-31-33-35-36-37-38-40-42-44-46-48-50-52-54-56-58-60-62-64-66-68-70-76(84)81-73(72-88-80-79(87)78(86)77(85)75(71-82)89-80)74(83)69-67-65-63-61-59-57-55-53-51-49-47-45-43-41-39-34-32-30-28-26-24-22-20-18-16-14-12-10-8-6-4-2/h5,7,11,13,17,19,23,25,73-75,77-80,82-83,85-87H,3-4,6,8-10,12,14-16,18,20-22,24,26-72H2,1-2H3,(H,81,84)/b7-5-,13-11-,19-17-,25-23-. The third-order valence-electron chi connectivity index (χ3n) is 18.9. The van der Waals surface area contributed by atoms with Gasteiger partial charge in [-0.25, -0.2) is 0 Å². The number of rotatable bonds is 70. The Balaban J connectivity index is 2.05. The molecule has 0 aromatic heterocycles. The summed E-state index contributed by atoms with van der Waals surface area (Å²) in [7, 11) is 0. The second-order valence-electron chi connectivity index (χ2n) is 27.5. The predicted molar refractivity (Wildman–Crippen MR) is 383 cm³/mol. The van der Waals surface area contributed by atoms with Crippen LogP contribution in [0.25, 0.3) is 0 Å². The highest BCUT2D eigenvalue weighted by molar-refractivity contribution is 5.76. The van der Waals surface area contributed by atoms with Gasteiger partial charge in [0.25, 0.3) is 0 Å². The van der Waals surface area contributed by atoms with Gasteiger partial charge in [-0.2, -0.15) is 0 Å². The number of nitrogens with one attached hydrogen (secondary N) is 1. The summed E-state index contributed by atoms with van der Waals surface area (Å²) in [6, 6.07) is -0.720. The summed E-state index contributed by atoms with van der Waals surface area (Å²) in [6.45, 7) is 3.79. The zero-order valence-corrected chi connectivity index (χ0v) is 59.0. The molecule has 1 heterocycles. The lowest BCUT2D eigenvalue weighted by Gasteiger charge is -2.40. The smallest absolute Gasteiger partial charge is 0.220 e. The molecule has 0 spiro atoms. The molecule has 1 saturated heterocycles. The number of allylic oxidation sites excluding steroid dienone is 8. The molecule has 524 valence electrons. The van der Waals surface area contributed by atoms with Crippen molar-refractivity contribution in [2.24, 2.45) is 0 Å². The molecule has 1 aliphatic heterocycles. The maximum atomic E-state index is 13.2. The van der Waals surface area contributed by atoms with Gasteiger partial charge in [0.15, 0.2) is 6.29 Å². The highest BCUT2D eigenvalue weighted by Gasteiger charge is 2.44. The summed E-state index contributed by atoms with van der Waals surface area (Å²) in [5.41, 5.74) is 0. The third kappa shape index (κ3) is 57.3. The fourth-order valence-electron chi connectivity index (χ4n) is 12.9. The molecule has 6 N–H and O–H groups in total. The van der Waals surface area contributed by atoms with Crippen molar-refractivity contribution in [1.29, 1.82) is 0 Å². The number of aliphatic hydroxyl groups excluding tert-OH is 5. The minimum atomic E-state index is -1.55. The first kappa shape index (κ1) is 85.2. The summed E-state index contributed by atoms with van der Waals surface area (Å²) in [5.74, 6) is -0.135. The van der Waals surface area contributed by atoms with E-state index in [0.717, 1.165) is 64.2 Å². The molecule has 9 nitrogen and oxygen atoms in total. The summed E-state index contributed by atoms with van der Waals surface area (Å²) >= 11 is 0. The fraction of sp³-hybridized carbons (Fsp3) is 0.887. The number of amides is 1. The van der Waals surface area contributed by atoms with E-state index in [1.807, 2.05) is 0 Å². The van der Waals surface area contributed by atoms with Crippen LogP contribution in [0, 0.1) is 0 Å². The Hall–Kier alpha value is -1.85. The van der Waals surface area contributed by atoms with Gasteiger partial charge in [-0.05, 0) is 51.4 Å². The molecule has 1 amide bonds. The maximum absolute atomic E-state index is 13.2. The predicted octanol–water partition coefficient (Wildman–Crippen LogP) is 22.3. The first-order valence-electron chi connectivity index (χ1n) is 39.3. The second-order valence-corrected chi connectivity index (χ2v) is 27.5. The SMILES string of the molecule is CC/C=C\C/C=C\C/C=C\C/C=C\CCCCCCCCCCCCCCCCCCCCCCCCC(=O)NC(COC1OC(CO)C(O)C(O)C1O)C(O)CCCCCCCCCCCCCCCCCCCCCCCCCCCCCCCCC. The molecule has 7 atom stereocenters. The van der Waals surface area contributed by atoms with Crippen LogP contribution in [0.2, 0.25) is 0 Å². The van der Waals surface area contributed by atoms with Gasteiger partial charge in [0.2, 0.25) is 5.91 Å². The third-order valence-corrected chi connectivity index (χ3v) is 18.9. The summed E-state index contributed by atoms with van der Waals surface area (Å²) < 4.78 is 11.4. The van der Waals surface area contributed by atoms with Crippen molar-refractivity contribution in [2.75, 3.05) is 13.2 Å². The van der Waals surface area contributed by atoms with E-state index in [1.54, 1.807) is 0 Å². The summed E-state index contributed by atoms with van der Waals surface area (Å²) in [6.07, 6.45) is 87.9. The van der Waals surface area contributed by atoms with Crippen LogP contribution in [0.4, 0.5) is 0 Å². The van der Waals surface area contributed by atoms with Crippen molar-refractivity contribution in [2.45, 2.75) is 442 Å². The van der Waals surface area contributed by atoms with Gasteiger partial charge < -0.3 is 40.3 Å². The first-order chi connectivity index (χ1) is 43.8. The number of carbonyl (C=O) groups is 1. The number of aliphatic hydroxyl groups is 5. The van der Waals surface area contributed by atoms with Crippen LogP contribution >= 0.6 is 0 Å². The van der Waals surface area contributed by atoms with Gasteiger partial charge in [-0.3, -0.25) is 4.79 Å². The van der Waals surface area contributed by atoms with Gasteiger partial charge in [0.1, 0.15) is 24.4 Å². The van der Waals surface area contributed by atoms with Crippen molar-refractivity contribution < 1.29 is 39.8 Å². The van der Waals surface area contributed by atoms with Crippen LogP contribution in [-0.2, 0) is 14.3 Å². The average molecular weight is 1260 g/mol. The molecule has 0 bridgehead atoms. The number of ether oxygens (including phenoxy) is 2. The van der Waals surface area contributed by atoms with E-state index < -0.39 is 49.5 Å². The zero-order valence-electron chi connectivity index (χ0n) is 59.0. The van der Waals surface area contributed by atoms with E-state index in [0.29, 0.717) is 12.8 Å². The van der Waals surface area contributed by atoms with E-state index in [1.165, 1.54) is 308 Å². The topological polar surface area (TPSA) is 149 Å². The Morgan fingerprint density at radius 1 is 0.393 bits per heavy atom. The van der Waals surface area contributed by atoms with Gasteiger partial charge >= 0.3 is 0 Å². The van der Waals surface area contributed by atoms with Crippen LogP contribution < -0.4 is 5.32 Å². The van der Waals surface area contributed by atoms with Gasteiger partial charge in [-0.15, -0.1) is 0 Å². The van der Waals surface area contributed by atoms with E-state index in [2.05, 4.69) is 67.8 Å². The molecular weight excluding hydrogens is 1100 g/mol. The van der Waals surface area contributed by atoms with E-state index >= 15 is 0 Å². The zero-order chi connectivity index (χ0) is 64.2. The molecule has 89 heavy (non-hydrogen) atoms. The number of carbonyl (C=O) groups excluding carboxylic acids is 1. The summed E-state index contributed by atoms with van der Waals surface area (Å²) in [5, 5.41) is 55.1. The minimum Gasteiger partial charge on any atom is -0.394 e. The second kappa shape index (κ2) is 69.0. The molecule has 1 rings (SSSR count). The lowest BCUT2D eigenvalue weighted by atomic mass is 9.99. The Bertz CT molecular complexity index is 1550. The van der Waals surface area contributed by atoms with Crippen LogP contribution in [0.15, 0.2) is 48.6 Å². The Morgan fingerprint density at radius 3 is 1.03 bits per heavy atom. The highest BCUT2D eigenvalue weighted by atomic mass is 16.7. The van der Waals surface area contributed by atoms with Crippen molar-refractivity contribution in [3.05, 3.63) is 48.6 Å². The van der Waals surface area contributed by atoms with E-state index in [9.17, 15) is 30.3 Å². The minimum absolute atomic E-state index is 0.134. The van der Waals surface area contributed by atoms with Crippen LogP contribution in [0.5, 0.6) is 0 Å². The van der Waals surface area contributed by atoms with E-state index in [-0.39, 0.29) is 12.5 Å². The van der Waals surface area contributed by atoms with E-state index in [4.69, 9.17) is 9.47 Å². The average Bonchev–Trinajstić information content (AvgIpc) is 2.28. The first-order valence-corrected chi connectivity index (χ1v) is 39.3. The normalized spacial score (nSPS) is 18.0.